The monoisotopic (exact) mass is 1110 g/mol. The zero-order valence-electron chi connectivity index (χ0n) is 47.2. The number of anilines is 6. The molecule has 0 N–H and O–H groups in total. The van der Waals surface area contributed by atoms with E-state index in [9.17, 15) is 0 Å². The zero-order valence-corrected chi connectivity index (χ0v) is 47.2. The third-order valence-electron chi connectivity index (χ3n) is 20.4. The summed E-state index contributed by atoms with van der Waals surface area (Å²) in [6.07, 6.45) is 1.86. The van der Waals surface area contributed by atoms with E-state index in [2.05, 4.69) is 280 Å². The molecule has 22 rings (SSSR count). The lowest BCUT2D eigenvalue weighted by Gasteiger charge is -2.41. The van der Waals surface area contributed by atoms with Crippen LogP contribution in [0.15, 0.2) is 276 Å². The van der Waals surface area contributed by atoms with E-state index < -0.39 is 0 Å². The average molecular weight is 1110 g/mol. The van der Waals surface area contributed by atoms with Crippen LogP contribution < -0.4 is 31.7 Å². The number of furan rings is 2. The van der Waals surface area contributed by atoms with Gasteiger partial charge < -0.3 is 27.6 Å². The van der Waals surface area contributed by atoms with E-state index >= 15 is 0 Å². The molecule has 4 aromatic heterocycles. The van der Waals surface area contributed by atoms with Crippen molar-refractivity contribution < 1.29 is 8.83 Å². The van der Waals surface area contributed by atoms with E-state index in [1.165, 1.54) is 131 Å². The number of hydrogen-bond donors (Lipinski definition) is 0. The Kier molecular flexibility index (Phi) is 8.49. The maximum Gasteiger partial charge on any atom is 0.333 e. The fourth-order valence-corrected chi connectivity index (χ4v) is 16.9. The highest BCUT2D eigenvalue weighted by Gasteiger charge is 2.47. The van der Waals surface area contributed by atoms with Crippen molar-refractivity contribution in [3.8, 4) is 33.6 Å². The standard InChI is InChI=1S/C80H44B2N4O2/c1-3-16-48-40-53(32-27-45(48)13-1)83-68-35-30-47-15-5-6-18-55(47)72(68)81-74-64(62-24-12-22-60-58-20-7-9-25-66(58)85(81)77(60)62)43-71-65(78(74)83)44-70(88-71)51-29-34-56-50(39-51)31-36-69-73(56)82-75-63(61-23-11-21-59-57-19-8-10-26-67(57)86(82)76(59)61)42-52-37-38-87-80(52)79(75)84(69)54-33-28-46-14-2-4-17-49(46)41-54/h1-44H. The van der Waals surface area contributed by atoms with Gasteiger partial charge in [0.25, 0.3) is 0 Å². The van der Waals surface area contributed by atoms with Gasteiger partial charge in [-0.1, -0.05) is 182 Å². The Balaban J connectivity index is 0.813. The highest BCUT2D eigenvalue weighted by molar-refractivity contribution is 6.93. The maximum atomic E-state index is 7.46. The number of hydrogen-bond acceptors (Lipinski definition) is 4. The molecule has 0 spiro atoms. The first-order chi connectivity index (χ1) is 43.7. The number of benzene rings is 14. The Morgan fingerprint density at radius 3 is 1.49 bits per heavy atom. The van der Waals surface area contributed by atoms with E-state index in [4.69, 9.17) is 8.83 Å². The summed E-state index contributed by atoms with van der Waals surface area (Å²) in [4.78, 5) is 5.05. The molecule has 0 aliphatic carbocycles. The van der Waals surface area contributed by atoms with Crippen molar-refractivity contribution in [3.63, 3.8) is 0 Å². The van der Waals surface area contributed by atoms with Gasteiger partial charge in [0.1, 0.15) is 11.3 Å². The summed E-state index contributed by atoms with van der Waals surface area (Å²) in [5.41, 5.74) is 24.4. The van der Waals surface area contributed by atoms with Gasteiger partial charge in [-0.25, -0.2) is 0 Å². The van der Waals surface area contributed by atoms with Crippen LogP contribution in [-0.2, 0) is 0 Å². The van der Waals surface area contributed by atoms with E-state index in [-0.39, 0.29) is 13.7 Å². The summed E-state index contributed by atoms with van der Waals surface area (Å²) in [6.45, 7) is -0.316. The summed E-state index contributed by atoms with van der Waals surface area (Å²) in [6, 6.07) is 97.6. The van der Waals surface area contributed by atoms with Crippen LogP contribution >= 0.6 is 0 Å². The normalized spacial score (nSPS) is 13.6. The second-order valence-electron chi connectivity index (χ2n) is 24.6. The molecule has 6 nitrogen and oxygen atoms in total. The van der Waals surface area contributed by atoms with Crippen molar-refractivity contribution in [3.05, 3.63) is 267 Å². The molecule has 0 fully saturated rings. The number of fused-ring (bicyclic) bond motifs is 24. The molecule has 14 aromatic carbocycles. The maximum absolute atomic E-state index is 7.46. The first-order valence-corrected chi connectivity index (χ1v) is 30.5. The fraction of sp³-hybridized carbons (Fsp3) is 0. The van der Waals surface area contributed by atoms with Gasteiger partial charge in [0.2, 0.25) is 0 Å². The fourth-order valence-electron chi connectivity index (χ4n) is 16.9. The molecule has 4 aliphatic heterocycles. The van der Waals surface area contributed by atoms with E-state index in [1.807, 2.05) is 6.26 Å². The Morgan fingerprint density at radius 2 is 0.830 bits per heavy atom. The quantitative estimate of drug-likeness (QED) is 0.165. The van der Waals surface area contributed by atoms with Gasteiger partial charge in [-0.05, 0) is 155 Å². The van der Waals surface area contributed by atoms with Crippen molar-refractivity contribution >= 4 is 178 Å². The third-order valence-corrected chi connectivity index (χ3v) is 20.4. The predicted molar refractivity (Wildman–Crippen MR) is 369 cm³/mol. The molecule has 0 bridgehead atoms. The minimum atomic E-state index is -0.181. The molecular formula is C80H44B2N4O2. The Labute approximate surface area is 503 Å². The number of rotatable bonds is 3. The summed E-state index contributed by atoms with van der Waals surface area (Å²) in [5, 5.41) is 16.8. The average Bonchev–Trinajstić information content (AvgIpc) is 1.35. The molecule has 0 atom stereocenters. The predicted octanol–water partition coefficient (Wildman–Crippen LogP) is 18.5. The molecule has 8 heteroatoms. The number of aromatic nitrogens is 2. The Bertz CT molecular complexity index is 6260. The number of para-hydroxylation sites is 4. The van der Waals surface area contributed by atoms with Crippen LogP contribution in [-0.4, -0.2) is 22.7 Å². The van der Waals surface area contributed by atoms with Gasteiger partial charge in [-0.15, -0.1) is 0 Å². The highest BCUT2D eigenvalue weighted by atomic mass is 16.3. The smallest absolute Gasteiger partial charge is 0.333 e. The molecule has 0 saturated heterocycles. The molecule has 0 radical (unpaired) electrons. The van der Waals surface area contributed by atoms with Gasteiger partial charge in [-0.2, -0.15) is 0 Å². The van der Waals surface area contributed by atoms with Crippen LogP contribution in [0.3, 0.4) is 0 Å². The van der Waals surface area contributed by atoms with Crippen LogP contribution in [0, 0.1) is 0 Å². The topological polar surface area (TPSA) is 42.6 Å². The van der Waals surface area contributed by atoms with E-state index in [1.54, 1.807) is 0 Å². The summed E-state index contributed by atoms with van der Waals surface area (Å²) in [5.74, 6) is 0.825. The molecule has 0 unspecified atom stereocenters. The van der Waals surface area contributed by atoms with E-state index in [0.717, 1.165) is 67.1 Å². The third kappa shape index (κ3) is 5.67. The van der Waals surface area contributed by atoms with Crippen LogP contribution in [0.5, 0.6) is 0 Å². The minimum Gasteiger partial charge on any atom is -0.462 e. The zero-order chi connectivity index (χ0) is 56.8. The van der Waals surface area contributed by atoms with Crippen LogP contribution in [0.25, 0.3) is 142 Å². The summed E-state index contributed by atoms with van der Waals surface area (Å²) >= 11 is 0. The number of nitrogens with zero attached hydrogens (tertiary/aromatic N) is 4. The first kappa shape index (κ1) is 45.9. The van der Waals surface area contributed by atoms with Crippen LogP contribution in [0.4, 0.5) is 34.1 Å². The van der Waals surface area contributed by atoms with Crippen molar-refractivity contribution in [2.45, 2.75) is 0 Å². The van der Waals surface area contributed by atoms with Crippen molar-refractivity contribution in [1.82, 2.24) is 8.96 Å². The second kappa shape index (κ2) is 16.3. The largest absolute Gasteiger partial charge is 0.462 e. The molecule has 88 heavy (non-hydrogen) atoms. The molecule has 18 aromatic rings. The van der Waals surface area contributed by atoms with Gasteiger partial charge >= 0.3 is 13.7 Å². The first-order valence-electron chi connectivity index (χ1n) is 30.5. The molecule has 0 saturated carbocycles. The van der Waals surface area contributed by atoms with Gasteiger partial charge in [-0.3, -0.25) is 0 Å². The lowest BCUT2D eigenvalue weighted by molar-refractivity contribution is 0.616. The van der Waals surface area contributed by atoms with Crippen molar-refractivity contribution in [1.29, 1.82) is 0 Å². The van der Waals surface area contributed by atoms with Gasteiger partial charge in [0.05, 0.1) is 17.6 Å². The van der Waals surface area contributed by atoms with Gasteiger partial charge in [0.15, 0.2) is 5.58 Å². The highest BCUT2D eigenvalue weighted by Crippen LogP contribution is 2.53. The second-order valence-corrected chi connectivity index (χ2v) is 24.6. The molecule has 402 valence electrons. The SMILES string of the molecule is c1ccc2cc(N3c4ccc5ccccc5c4B4c5c(cc6oc(-c7ccc8c9c(ccc8c7)N(c7ccc8ccccc8c7)c7c8c(cc%10ccoc7%10)-c7cccc%10c%11ccccc%11n(c7%10)B89)cc6c53)-c3cccc5c6ccccc6n4c35)ccc2c1. The Hall–Kier alpha value is -11.5. The summed E-state index contributed by atoms with van der Waals surface area (Å²) in [7, 11) is 0. The van der Waals surface area contributed by atoms with Crippen molar-refractivity contribution in [2.24, 2.45) is 0 Å². The molecule has 8 heterocycles. The van der Waals surface area contributed by atoms with Gasteiger partial charge in [0, 0.05) is 93.8 Å². The molecular weight excluding hydrogens is 1070 g/mol. The molecule has 4 aliphatic rings. The molecule has 0 amide bonds. The lowest BCUT2D eigenvalue weighted by atomic mass is 9.44. The minimum absolute atomic E-state index is 0.135. The lowest BCUT2D eigenvalue weighted by Crippen LogP contribution is -2.57. The van der Waals surface area contributed by atoms with Crippen LogP contribution in [0.2, 0.25) is 0 Å². The van der Waals surface area contributed by atoms with E-state index in [0.29, 0.717) is 0 Å². The Morgan fingerprint density at radius 1 is 0.307 bits per heavy atom. The summed E-state index contributed by atoms with van der Waals surface area (Å²) < 4.78 is 19.4. The van der Waals surface area contributed by atoms with Crippen molar-refractivity contribution in [2.75, 3.05) is 9.80 Å². The van der Waals surface area contributed by atoms with Crippen LogP contribution in [0.1, 0.15) is 0 Å².